The lowest BCUT2D eigenvalue weighted by molar-refractivity contribution is 0.0497. The van der Waals surface area contributed by atoms with E-state index in [0.29, 0.717) is 23.7 Å². The largest absolute Gasteiger partial charge is 0.409 e. The molecule has 1 aliphatic rings. The van der Waals surface area contributed by atoms with E-state index in [1.165, 1.54) is 6.07 Å². The number of benzene rings is 1. The van der Waals surface area contributed by atoms with Gasteiger partial charge in [-0.05, 0) is 30.5 Å². The summed E-state index contributed by atoms with van der Waals surface area (Å²) in [5.41, 5.74) is 6.34. The van der Waals surface area contributed by atoms with Gasteiger partial charge in [0.2, 0.25) is 0 Å². The molecule has 1 aliphatic heterocycles. The van der Waals surface area contributed by atoms with Gasteiger partial charge in [0.1, 0.15) is 5.82 Å². The van der Waals surface area contributed by atoms with Crippen molar-refractivity contribution in [3.63, 3.8) is 0 Å². The highest BCUT2D eigenvalue weighted by molar-refractivity contribution is 5.97. The number of hydrogen-bond donors (Lipinski definition) is 2. The minimum absolute atomic E-state index is 0.0996. The smallest absolute Gasteiger partial charge is 0.170 e. The van der Waals surface area contributed by atoms with Crippen molar-refractivity contribution in [2.45, 2.75) is 19.4 Å². The lowest BCUT2D eigenvalue weighted by Gasteiger charge is -2.37. The van der Waals surface area contributed by atoms with E-state index in [1.54, 1.807) is 19.2 Å². The third-order valence-electron chi connectivity index (χ3n) is 3.88. The van der Waals surface area contributed by atoms with Gasteiger partial charge in [-0.1, -0.05) is 12.1 Å². The van der Waals surface area contributed by atoms with Crippen molar-refractivity contribution in [3.05, 3.63) is 29.6 Å². The molecule has 1 fully saturated rings. The molecule has 3 N–H and O–H groups in total. The summed E-state index contributed by atoms with van der Waals surface area (Å²) >= 11 is 0. The van der Waals surface area contributed by atoms with Crippen LogP contribution in [0.15, 0.2) is 23.4 Å². The van der Waals surface area contributed by atoms with Crippen LogP contribution in [0.5, 0.6) is 0 Å². The van der Waals surface area contributed by atoms with Crippen molar-refractivity contribution in [1.82, 2.24) is 0 Å². The highest BCUT2D eigenvalue weighted by Gasteiger charge is 2.27. The summed E-state index contributed by atoms with van der Waals surface area (Å²) in [6.07, 6.45) is 1.06. The van der Waals surface area contributed by atoms with Crippen LogP contribution >= 0.6 is 0 Å². The Morgan fingerprint density at radius 3 is 2.90 bits per heavy atom. The van der Waals surface area contributed by atoms with Crippen molar-refractivity contribution in [3.8, 4) is 0 Å². The molecule has 1 aromatic carbocycles. The third-order valence-corrected chi connectivity index (χ3v) is 3.88. The lowest BCUT2D eigenvalue weighted by atomic mass is 9.95. The van der Waals surface area contributed by atoms with Gasteiger partial charge in [-0.3, -0.25) is 0 Å². The molecule has 1 heterocycles. The number of anilines is 1. The summed E-state index contributed by atoms with van der Waals surface area (Å²) in [5.74, 6) is -0.00765. The lowest BCUT2D eigenvalue weighted by Crippen LogP contribution is -2.44. The molecule has 20 heavy (non-hydrogen) atoms. The molecule has 2 atom stereocenters. The highest BCUT2D eigenvalue weighted by atomic mass is 19.1. The third kappa shape index (κ3) is 2.85. The van der Waals surface area contributed by atoms with Crippen molar-refractivity contribution in [1.29, 1.82) is 0 Å². The zero-order valence-electron chi connectivity index (χ0n) is 11.7. The number of halogens is 1. The van der Waals surface area contributed by atoms with E-state index < -0.39 is 0 Å². The monoisotopic (exact) mass is 281 g/mol. The average Bonchev–Trinajstić information content (AvgIpc) is 2.47. The number of hydrogen-bond acceptors (Lipinski definition) is 4. The number of rotatable bonds is 3. The molecule has 0 spiro atoms. The second kappa shape index (κ2) is 6.09. The van der Waals surface area contributed by atoms with Crippen LogP contribution in [0.1, 0.15) is 18.9 Å². The number of ether oxygens (including phenoxy) is 1. The van der Waals surface area contributed by atoms with Gasteiger partial charge in [0, 0.05) is 25.8 Å². The molecule has 0 amide bonds. The molecule has 5 nitrogen and oxygen atoms in total. The van der Waals surface area contributed by atoms with Crippen molar-refractivity contribution >= 4 is 11.5 Å². The first-order chi connectivity index (χ1) is 9.56. The Kier molecular flexibility index (Phi) is 4.44. The van der Waals surface area contributed by atoms with Crippen LogP contribution in [-0.2, 0) is 4.74 Å². The van der Waals surface area contributed by atoms with E-state index in [-0.39, 0.29) is 17.8 Å². The predicted octanol–water partition coefficient (Wildman–Crippen LogP) is 1.78. The van der Waals surface area contributed by atoms with E-state index in [9.17, 15) is 4.39 Å². The molecule has 0 bridgehead atoms. The van der Waals surface area contributed by atoms with Crippen LogP contribution in [0.3, 0.4) is 0 Å². The van der Waals surface area contributed by atoms with E-state index >= 15 is 0 Å². The Morgan fingerprint density at radius 2 is 2.30 bits per heavy atom. The summed E-state index contributed by atoms with van der Waals surface area (Å²) in [4.78, 5) is 1.97. The van der Waals surface area contributed by atoms with Crippen LogP contribution in [-0.4, -0.2) is 37.3 Å². The Morgan fingerprint density at radius 1 is 1.55 bits per heavy atom. The van der Waals surface area contributed by atoms with Gasteiger partial charge < -0.3 is 20.6 Å². The van der Waals surface area contributed by atoms with Crippen molar-refractivity contribution < 1.29 is 14.3 Å². The van der Waals surface area contributed by atoms with Gasteiger partial charge in [0.25, 0.3) is 0 Å². The minimum Gasteiger partial charge on any atom is -0.409 e. The van der Waals surface area contributed by atoms with E-state index in [2.05, 4.69) is 12.1 Å². The van der Waals surface area contributed by atoms with Gasteiger partial charge in [-0.15, -0.1) is 0 Å². The molecule has 110 valence electrons. The topological polar surface area (TPSA) is 71.1 Å². The number of amidine groups is 1. The molecule has 0 radical (unpaired) electrons. The van der Waals surface area contributed by atoms with Crippen LogP contribution in [0.4, 0.5) is 10.1 Å². The first-order valence-electron chi connectivity index (χ1n) is 6.62. The first-order valence-corrected chi connectivity index (χ1v) is 6.62. The van der Waals surface area contributed by atoms with E-state index in [0.717, 1.165) is 13.0 Å². The van der Waals surface area contributed by atoms with Gasteiger partial charge in [0.15, 0.2) is 5.84 Å². The molecule has 2 rings (SSSR count). The van der Waals surface area contributed by atoms with E-state index in [1.807, 2.05) is 4.90 Å². The number of nitrogens with zero attached hydrogens (tertiary/aromatic N) is 2. The molecule has 1 saturated heterocycles. The van der Waals surface area contributed by atoms with Crippen molar-refractivity contribution in [2.75, 3.05) is 25.1 Å². The van der Waals surface area contributed by atoms with Crippen LogP contribution in [0.25, 0.3) is 0 Å². The number of oxime groups is 1. The number of nitrogens with two attached hydrogens (primary N) is 1. The summed E-state index contributed by atoms with van der Waals surface area (Å²) in [6.45, 7) is 3.60. The predicted molar refractivity (Wildman–Crippen MR) is 75.7 cm³/mol. The van der Waals surface area contributed by atoms with Gasteiger partial charge in [-0.2, -0.15) is 0 Å². The second-order valence-electron chi connectivity index (χ2n) is 5.14. The molecule has 6 heteroatoms. The SMILES string of the molecule is COC1CN(c2ccc(/C(N)=N/O)cc2F)CCC1C. The normalized spacial score (nSPS) is 23.9. The average molecular weight is 281 g/mol. The van der Waals surface area contributed by atoms with Crippen LogP contribution in [0.2, 0.25) is 0 Å². The van der Waals surface area contributed by atoms with Gasteiger partial charge in [-0.25, -0.2) is 4.39 Å². The quantitative estimate of drug-likeness (QED) is 0.383. The summed E-state index contributed by atoms with van der Waals surface area (Å²) in [7, 11) is 1.68. The fourth-order valence-electron chi connectivity index (χ4n) is 2.54. The molecule has 1 aromatic rings. The molecule has 2 unspecified atom stereocenters. The van der Waals surface area contributed by atoms with E-state index in [4.69, 9.17) is 15.7 Å². The standard InChI is InChI=1S/C14H20FN3O2/c1-9-5-6-18(8-13(9)20-2)12-4-3-10(7-11(12)15)14(16)17-19/h3-4,7,9,13,19H,5-6,8H2,1-2H3,(H2,16,17). The summed E-state index contributed by atoms with van der Waals surface area (Å²) < 4.78 is 19.6. The minimum atomic E-state index is -0.376. The second-order valence-corrected chi connectivity index (χ2v) is 5.14. The maximum atomic E-state index is 14.2. The summed E-state index contributed by atoms with van der Waals surface area (Å²) in [6, 6.07) is 4.59. The zero-order chi connectivity index (χ0) is 14.7. The number of piperidine rings is 1. The van der Waals surface area contributed by atoms with Gasteiger partial charge >= 0.3 is 0 Å². The molecule has 0 aliphatic carbocycles. The van der Waals surface area contributed by atoms with Crippen molar-refractivity contribution in [2.24, 2.45) is 16.8 Å². The fraction of sp³-hybridized carbons (Fsp3) is 0.500. The molecule has 0 saturated carbocycles. The molecular formula is C14H20FN3O2. The summed E-state index contributed by atoms with van der Waals surface area (Å²) in [5, 5.41) is 11.5. The van der Waals surface area contributed by atoms with Crippen LogP contribution in [0, 0.1) is 11.7 Å². The Labute approximate surface area is 117 Å². The highest BCUT2D eigenvalue weighted by Crippen LogP contribution is 2.27. The van der Waals surface area contributed by atoms with Crippen LogP contribution < -0.4 is 10.6 Å². The Bertz CT molecular complexity index is 507. The number of methoxy groups -OCH3 is 1. The maximum Gasteiger partial charge on any atom is 0.170 e. The fourth-order valence-corrected chi connectivity index (χ4v) is 2.54. The maximum absolute atomic E-state index is 14.2. The Balaban J connectivity index is 2.21. The first kappa shape index (κ1) is 14.6. The Hall–Kier alpha value is -1.82. The molecular weight excluding hydrogens is 261 g/mol. The zero-order valence-corrected chi connectivity index (χ0v) is 11.7. The molecule has 0 aromatic heterocycles. The van der Waals surface area contributed by atoms with Gasteiger partial charge in [0.05, 0.1) is 11.8 Å².